The highest BCUT2D eigenvalue weighted by atomic mass is 16.5. The molecule has 2 aromatic carbocycles. The van der Waals surface area contributed by atoms with Gasteiger partial charge >= 0.3 is 0 Å². The van der Waals surface area contributed by atoms with Crippen LogP contribution in [-0.4, -0.2) is 48.0 Å². The third-order valence-electron chi connectivity index (χ3n) is 6.64. The number of aromatic nitrogens is 1. The number of methoxy groups -OCH3 is 1. The van der Waals surface area contributed by atoms with Crippen molar-refractivity contribution in [2.75, 3.05) is 20.7 Å². The second-order valence-corrected chi connectivity index (χ2v) is 8.77. The van der Waals surface area contributed by atoms with Crippen LogP contribution in [0.15, 0.2) is 59.5 Å². The number of nitrogens with zero attached hydrogens (tertiary/aromatic N) is 2. The maximum Gasteiger partial charge on any atom is 0.262 e. The van der Waals surface area contributed by atoms with Crippen molar-refractivity contribution in [3.63, 3.8) is 0 Å². The fourth-order valence-corrected chi connectivity index (χ4v) is 4.65. The number of amides is 2. The minimum absolute atomic E-state index is 0.0402. The molecule has 2 amide bonds. The number of rotatable bonds is 7. The molecule has 1 saturated carbocycles. The van der Waals surface area contributed by atoms with Crippen molar-refractivity contribution in [1.82, 2.24) is 14.8 Å². The van der Waals surface area contributed by atoms with Gasteiger partial charge in [-0.25, -0.2) is 0 Å². The van der Waals surface area contributed by atoms with E-state index in [9.17, 15) is 14.4 Å². The average molecular weight is 462 g/mol. The fourth-order valence-electron chi connectivity index (χ4n) is 4.65. The van der Waals surface area contributed by atoms with Gasteiger partial charge in [-0.3, -0.25) is 19.0 Å². The zero-order valence-electron chi connectivity index (χ0n) is 19.8. The molecular formula is C27H31N3O4. The predicted molar refractivity (Wildman–Crippen MR) is 133 cm³/mol. The van der Waals surface area contributed by atoms with Crippen LogP contribution >= 0.6 is 0 Å². The number of fused-ring (bicyclic) bond motifs is 1. The molecule has 1 fully saturated rings. The van der Waals surface area contributed by atoms with Gasteiger partial charge in [0, 0.05) is 49.1 Å². The summed E-state index contributed by atoms with van der Waals surface area (Å²) in [5, 5.41) is 3.90. The molecule has 1 heterocycles. The van der Waals surface area contributed by atoms with Gasteiger partial charge in [-0.2, -0.15) is 0 Å². The van der Waals surface area contributed by atoms with Gasteiger partial charge in [-0.1, -0.05) is 43.5 Å². The van der Waals surface area contributed by atoms with Crippen LogP contribution in [0.5, 0.6) is 5.75 Å². The van der Waals surface area contributed by atoms with Crippen molar-refractivity contribution in [1.29, 1.82) is 0 Å². The summed E-state index contributed by atoms with van der Waals surface area (Å²) in [6.07, 6.45) is 7.46. The van der Waals surface area contributed by atoms with Gasteiger partial charge in [-0.05, 0) is 31.0 Å². The number of benzene rings is 2. The molecule has 0 unspecified atom stereocenters. The van der Waals surface area contributed by atoms with Gasteiger partial charge < -0.3 is 15.0 Å². The van der Waals surface area contributed by atoms with Crippen LogP contribution in [0, 0.1) is 0 Å². The molecule has 0 saturated heterocycles. The Morgan fingerprint density at radius 1 is 1.06 bits per heavy atom. The van der Waals surface area contributed by atoms with Crippen LogP contribution in [0.1, 0.15) is 48.9 Å². The molecule has 178 valence electrons. The van der Waals surface area contributed by atoms with Crippen molar-refractivity contribution >= 4 is 22.6 Å². The second kappa shape index (κ2) is 10.5. The summed E-state index contributed by atoms with van der Waals surface area (Å²) in [5.41, 5.74) is 0.768. The van der Waals surface area contributed by atoms with Gasteiger partial charge in [0.05, 0.1) is 18.4 Å². The van der Waals surface area contributed by atoms with Gasteiger partial charge in [0.25, 0.3) is 11.5 Å². The average Bonchev–Trinajstić information content (AvgIpc) is 2.89. The molecule has 1 aromatic heterocycles. The lowest BCUT2D eigenvalue weighted by atomic mass is 9.94. The number of carbonyl (C=O) groups is 2. The Labute approximate surface area is 199 Å². The van der Waals surface area contributed by atoms with Crippen LogP contribution in [-0.2, 0) is 4.79 Å². The summed E-state index contributed by atoms with van der Waals surface area (Å²) in [7, 11) is 3.42. The van der Waals surface area contributed by atoms with E-state index in [1.165, 1.54) is 11.0 Å². The van der Waals surface area contributed by atoms with Crippen molar-refractivity contribution in [2.24, 2.45) is 0 Å². The molecule has 0 bridgehead atoms. The van der Waals surface area contributed by atoms with E-state index >= 15 is 0 Å². The minimum atomic E-state index is -0.319. The van der Waals surface area contributed by atoms with Crippen LogP contribution in [0.4, 0.5) is 0 Å². The lowest BCUT2D eigenvalue weighted by Gasteiger charge is -2.31. The first-order chi connectivity index (χ1) is 16.5. The third-order valence-corrected chi connectivity index (χ3v) is 6.64. The van der Waals surface area contributed by atoms with E-state index < -0.39 is 0 Å². The molecule has 1 aliphatic rings. The summed E-state index contributed by atoms with van der Waals surface area (Å²) < 4.78 is 6.75. The molecule has 34 heavy (non-hydrogen) atoms. The topological polar surface area (TPSA) is 80.6 Å². The molecule has 1 aliphatic carbocycles. The van der Waals surface area contributed by atoms with E-state index in [2.05, 4.69) is 5.32 Å². The number of carbonyl (C=O) groups excluding carboxylic acids is 2. The molecule has 7 nitrogen and oxygen atoms in total. The van der Waals surface area contributed by atoms with E-state index in [4.69, 9.17) is 4.74 Å². The van der Waals surface area contributed by atoms with Crippen molar-refractivity contribution in [3.05, 3.63) is 70.6 Å². The number of pyridine rings is 1. The van der Waals surface area contributed by atoms with Gasteiger partial charge in [0.1, 0.15) is 5.75 Å². The smallest absolute Gasteiger partial charge is 0.262 e. The Bertz CT molecular complexity index is 1240. The van der Waals surface area contributed by atoms with E-state index in [1.54, 1.807) is 61.8 Å². The van der Waals surface area contributed by atoms with Gasteiger partial charge in [-0.15, -0.1) is 0 Å². The monoisotopic (exact) mass is 461 g/mol. The Balaban J connectivity index is 1.54. The lowest BCUT2D eigenvalue weighted by molar-refractivity contribution is -0.132. The van der Waals surface area contributed by atoms with E-state index in [-0.39, 0.29) is 30.3 Å². The van der Waals surface area contributed by atoms with E-state index in [0.29, 0.717) is 33.8 Å². The number of hydrogen-bond acceptors (Lipinski definition) is 4. The summed E-state index contributed by atoms with van der Waals surface area (Å²) in [6, 6.07) is 14.5. The van der Waals surface area contributed by atoms with E-state index in [1.807, 2.05) is 11.9 Å². The highest BCUT2D eigenvalue weighted by Gasteiger charge is 2.22. The van der Waals surface area contributed by atoms with Crippen molar-refractivity contribution in [2.45, 2.75) is 44.6 Å². The maximum absolute atomic E-state index is 13.2. The summed E-state index contributed by atoms with van der Waals surface area (Å²) in [4.78, 5) is 40.8. The van der Waals surface area contributed by atoms with Crippen LogP contribution in [0.3, 0.4) is 0 Å². The van der Waals surface area contributed by atoms with Crippen LogP contribution in [0.25, 0.3) is 16.5 Å². The third kappa shape index (κ3) is 4.98. The zero-order chi connectivity index (χ0) is 24.1. The molecule has 0 radical (unpaired) electrons. The summed E-state index contributed by atoms with van der Waals surface area (Å²) in [5.74, 6) is 0.337. The standard InChI is InChI=1S/C27H31N3O4/c1-29(19-9-4-3-5-10-19)25(31)15-16-28-26(32)24-18-30(20-11-8-12-21(17-20)34-2)27(33)23-14-7-6-13-22(23)24/h6-8,11-14,17-19H,3-5,9-10,15-16H2,1-2H3,(H,28,32). The molecule has 4 rings (SSSR count). The minimum Gasteiger partial charge on any atom is -0.497 e. The number of ether oxygens (including phenoxy) is 1. The summed E-state index contributed by atoms with van der Waals surface area (Å²) in [6.45, 7) is 0.237. The Morgan fingerprint density at radius 2 is 1.79 bits per heavy atom. The van der Waals surface area contributed by atoms with Crippen LogP contribution in [0.2, 0.25) is 0 Å². The second-order valence-electron chi connectivity index (χ2n) is 8.77. The molecule has 0 spiro atoms. The molecular weight excluding hydrogens is 430 g/mol. The van der Waals surface area contributed by atoms with Gasteiger partial charge in [0.2, 0.25) is 5.91 Å². The van der Waals surface area contributed by atoms with E-state index in [0.717, 1.165) is 25.7 Å². The van der Waals surface area contributed by atoms with Crippen molar-refractivity contribution < 1.29 is 14.3 Å². The lowest BCUT2D eigenvalue weighted by Crippen LogP contribution is -2.40. The Hall–Kier alpha value is -3.61. The largest absolute Gasteiger partial charge is 0.497 e. The maximum atomic E-state index is 13.2. The Morgan fingerprint density at radius 3 is 2.53 bits per heavy atom. The number of nitrogens with one attached hydrogen (secondary N) is 1. The van der Waals surface area contributed by atoms with Crippen LogP contribution < -0.4 is 15.6 Å². The van der Waals surface area contributed by atoms with Crippen molar-refractivity contribution in [3.8, 4) is 11.4 Å². The first-order valence-corrected chi connectivity index (χ1v) is 11.8. The molecule has 3 aromatic rings. The normalized spacial score (nSPS) is 14.1. The quantitative estimate of drug-likeness (QED) is 0.579. The predicted octanol–water partition coefficient (Wildman–Crippen LogP) is 3.91. The zero-order valence-corrected chi connectivity index (χ0v) is 19.8. The van der Waals surface area contributed by atoms with Gasteiger partial charge in [0.15, 0.2) is 0 Å². The fraction of sp³-hybridized carbons (Fsp3) is 0.370. The molecule has 0 aliphatic heterocycles. The molecule has 0 atom stereocenters. The summed E-state index contributed by atoms with van der Waals surface area (Å²) >= 11 is 0. The number of hydrogen-bond donors (Lipinski definition) is 1. The SMILES string of the molecule is COc1cccc(-n2cc(C(=O)NCCC(=O)N(C)C3CCCCC3)c3ccccc3c2=O)c1. The highest BCUT2D eigenvalue weighted by Crippen LogP contribution is 2.22. The first-order valence-electron chi connectivity index (χ1n) is 11.8. The molecule has 7 heteroatoms. The first kappa shape index (κ1) is 23.5. The molecule has 1 N–H and O–H groups in total. The highest BCUT2D eigenvalue weighted by molar-refractivity contribution is 6.06. The Kier molecular flexibility index (Phi) is 7.30.